The van der Waals surface area contributed by atoms with Gasteiger partial charge in [0.1, 0.15) is 0 Å². The van der Waals surface area contributed by atoms with Gasteiger partial charge in [-0.3, -0.25) is 9.78 Å². The largest absolute Gasteiger partial charge is 0.493 e. The summed E-state index contributed by atoms with van der Waals surface area (Å²) in [5.74, 6) is 0.979. The lowest BCUT2D eigenvalue weighted by molar-refractivity contribution is 0.0953. The molecule has 0 aliphatic heterocycles. The number of ether oxygens (including phenoxy) is 2. The minimum Gasteiger partial charge on any atom is -0.493 e. The fraction of sp³-hybridized carbons (Fsp3) is 0.200. The number of nitrogens with one attached hydrogen (secondary N) is 1. The van der Waals surface area contributed by atoms with Crippen LogP contribution in [0, 0.1) is 0 Å². The number of benzene rings is 2. The van der Waals surface area contributed by atoms with Gasteiger partial charge in [-0.1, -0.05) is 24.3 Å². The highest BCUT2D eigenvalue weighted by molar-refractivity contribution is 5.94. The Morgan fingerprint density at radius 1 is 1.00 bits per heavy atom. The van der Waals surface area contributed by atoms with Crippen LogP contribution in [-0.2, 0) is 6.42 Å². The van der Waals surface area contributed by atoms with Crippen molar-refractivity contribution in [3.8, 4) is 11.5 Å². The van der Waals surface area contributed by atoms with E-state index in [4.69, 9.17) is 9.47 Å². The third-order valence-electron chi connectivity index (χ3n) is 3.97. The van der Waals surface area contributed by atoms with E-state index in [1.807, 2.05) is 36.4 Å². The van der Waals surface area contributed by atoms with Crippen LogP contribution >= 0.6 is 0 Å². The lowest BCUT2D eigenvalue weighted by Gasteiger charge is -2.10. The normalized spacial score (nSPS) is 10.5. The molecule has 0 saturated heterocycles. The first-order valence-electron chi connectivity index (χ1n) is 8.06. The molecule has 0 radical (unpaired) electrons. The van der Waals surface area contributed by atoms with Crippen molar-refractivity contribution in [3.63, 3.8) is 0 Å². The second-order valence-electron chi connectivity index (χ2n) is 5.57. The second-order valence-corrected chi connectivity index (χ2v) is 5.57. The Hall–Kier alpha value is -3.08. The molecule has 128 valence electrons. The Balaban J connectivity index is 1.62. The number of hydrogen-bond donors (Lipinski definition) is 1. The number of aromatic nitrogens is 1. The fourth-order valence-electron chi connectivity index (χ4n) is 2.63. The predicted octanol–water partition coefficient (Wildman–Crippen LogP) is 3.22. The maximum absolute atomic E-state index is 12.3. The zero-order chi connectivity index (χ0) is 17.6. The van der Waals surface area contributed by atoms with Crippen LogP contribution in [0.15, 0.2) is 54.6 Å². The number of methoxy groups -OCH3 is 2. The summed E-state index contributed by atoms with van der Waals surface area (Å²) in [7, 11) is 3.11. The molecule has 1 aromatic heterocycles. The topological polar surface area (TPSA) is 60.5 Å². The van der Waals surface area contributed by atoms with Crippen LogP contribution < -0.4 is 14.8 Å². The maximum Gasteiger partial charge on any atom is 0.251 e. The van der Waals surface area contributed by atoms with Crippen molar-refractivity contribution in [2.24, 2.45) is 0 Å². The Morgan fingerprint density at radius 2 is 1.80 bits per heavy atom. The average Bonchev–Trinajstić information content (AvgIpc) is 2.67. The van der Waals surface area contributed by atoms with Gasteiger partial charge in [0, 0.05) is 29.6 Å². The van der Waals surface area contributed by atoms with Gasteiger partial charge in [-0.05, 0) is 30.3 Å². The first-order chi connectivity index (χ1) is 12.2. The predicted molar refractivity (Wildman–Crippen MR) is 97.3 cm³/mol. The Kier molecular flexibility index (Phi) is 5.14. The van der Waals surface area contributed by atoms with Gasteiger partial charge in [0.25, 0.3) is 5.91 Å². The number of carbonyl (C=O) groups is 1. The zero-order valence-electron chi connectivity index (χ0n) is 14.3. The Labute approximate surface area is 146 Å². The van der Waals surface area contributed by atoms with Crippen LogP contribution in [0.4, 0.5) is 0 Å². The van der Waals surface area contributed by atoms with E-state index in [-0.39, 0.29) is 5.91 Å². The minimum atomic E-state index is -0.151. The van der Waals surface area contributed by atoms with Crippen LogP contribution in [0.1, 0.15) is 16.1 Å². The number of hydrogen-bond acceptors (Lipinski definition) is 4. The first-order valence-corrected chi connectivity index (χ1v) is 8.06. The molecule has 1 amide bonds. The molecule has 0 spiro atoms. The van der Waals surface area contributed by atoms with E-state index in [1.165, 1.54) is 0 Å². The molecule has 1 heterocycles. The van der Waals surface area contributed by atoms with Crippen LogP contribution in [0.5, 0.6) is 11.5 Å². The quantitative estimate of drug-likeness (QED) is 0.751. The van der Waals surface area contributed by atoms with E-state index in [1.54, 1.807) is 32.4 Å². The van der Waals surface area contributed by atoms with Crippen LogP contribution in [0.25, 0.3) is 10.9 Å². The number of amides is 1. The molecule has 0 unspecified atom stereocenters. The smallest absolute Gasteiger partial charge is 0.251 e. The van der Waals surface area contributed by atoms with Crippen molar-refractivity contribution in [2.45, 2.75) is 6.42 Å². The molecule has 25 heavy (non-hydrogen) atoms. The highest BCUT2D eigenvalue weighted by Crippen LogP contribution is 2.27. The van der Waals surface area contributed by atoms with E-state index in [2.05, 4.69) is 10.3 Å². The highest BCUT2D eigenvalue weighted by atomic mass is 16.5. The molecule has 0 aliphatic rings. The molecule has 5 nitrogen and oxygen atoms in total. The molecule has 0 aliphatic carbocycles. The molecule has 0 atom stereocenters. The molecule has 1 N–H and O–H groups in total. The number of para-hydroxylation sites is 1. The molecule has 5 heteroatoms. The summed E-state index contributed by atoms with van der Waals surface area (Å²) in [6, 6.07) is 17.1. The molecule has 2 aromatic carbocycles. The van der Waals surface area contributed by atoms with E-state index in [0.717, 1.165) is 16.6 Å². The van der Waals surface area contributed by atoms with Gasteiger partial charge in [0.15, 0.2) is 11.5 Å². The molecule has 0 fully saturated rings. The van der Waals surface area contributed by atoms with Crippen molar-refractivity contribution in [3.05, 3.63) is 65.9 Å². The number of rotatable bonds is 6. The van der Waals surface area contributed by atoms with E-state index >= 15 is 0 Å². The molecule has 3 aromatic rings. The van der Waals surface area contributed by atoms with Crippen LogP contribution in [-0.4, -0.2) is 31.7 Å². The summed E-state index contributed by atoms with van der Waals surface area (Å²) in [5, 5.41) is 4.02. The lowest BCUT2D eigenvalue weighted by atomic mass is 10.1. The van der Waals surface area contributed by atoms with Crippen molar-refractivity contribution < 1.29 is 14.3 Å². The Bertz CT molecular complexity index is 893. The van der Waals surface area contributed by atoms with Gasteiger partial charge in [-0.25, -0.2) is 0 Å². The number of pyridine rings is 1. The highest BCUT2D eigenvalue weighted by Gasteiger charge is 2.10. The van der Waals surface area contributed by atoms with Crippen molar-refractivity contribution in [1.82, 2.24) is 10.3 Å². The SMILES string of the molecule is COc1ccc(C(=O)NCCc2ccc3ccccc3n2)cc1OC. The van der Waals surface area contributed by atoms with Crippen molar-refractivity contribution >= 4 is 16.8 Å². The standard InChI is InChI=1S/C20H20N2O3/c1-24-18-10-8-15(13-19(18)25-2)20(23)21-12-11-16-9-7-14-5-3-4-6-17(14)22-16/h3-10,13H,11-12H2,1-2H3,(H,21,23). The van der Waals surface area contributed by atoms with Gasteiger partial charge in [-0.15, -0.1) is 0 Å². The molecule has 3 rings (SSSR count). The summed E-state index contributed by atoms with van der Waals surface area (Å²) in [6.45, 7) is 0.512. The van der Waals surface area contributed by atoms with E-state index in [0.29, 0.717) is 30.0 Å². The molecule has 0 saturated carbocycles. The monoisotopic (exact) mass is 336 g/mol. The third kappa shape index (κ3) is 3.88. The summed E-state index contributed by atoms with van der Waals surface area (Å²) >= 11 is 0. The van der Waals surface area contributed by atoms with Gasteiger partial charge >= 0.3 is 0 Å². The number of carbonyl (C=O) groups excluding carboxylic acids is 1. The summed E-state index contributed by atoms with van der Waals surface area (Å²) in [6.07, 6.45) is 0.670. The van der Waals surface area contributed by atoms with Crippen molar-refractivity contribution in [1.29, 1.82) is 0 Å². The molecular weight excluding hydrogens is 316 g/mol. The first kappa shape index (κ1) is 16.8. The summed E-state index contributed by atoms with van der Waals surface area (Å²) in [5.41, 5.74) is 2.45. The zero-order valence-corrected chi connectivity index (χ0v) is 14.3. The Morgan fingerprint density at radius 3 is 2.60 bits per heavy atom. The minimum absolute atomic E-state index is 0.151. The fourth-order valence-corrected chi connectivity index (χ4v) is 2.63. The van der Waals surface area contributed by atoms with Crippen LogP contribution in [0.2, 0.25) is 0 Å². The average molecular weight is 336 g/mol. The molecule has 0 bridgehead atoms. The number of fused-ring (bicyclic) bond motifs is 1. The maximum atomic E-state index is 12.3. The second kappa shape index (κ2) is 7.66. The van der Waals surface area contributed by atoms with Crippen molar-refractivity contribution in [2.75, 3.05) is 20.8 Å². The van der Waals surface area contributed by atoms with Gasteiger partial charge in [-0.2, -0.15) is 0 Å². The third-order valence-corrected chi connectivity index (χ3v) is 3.97. The van der Waals surface area contributed by atoms with E-state index in [9.17, 15) is 4.79 Å². The summed E-state index contributed by atoms with van der Waals surface area (Å²) in [4.78, 5) is 16.9. The van der Waals surface area contributed by atoms with Crippen LogP contribution in [0.3, 0.4) is 0 Å². The van der Waals surface area contributed by atoms with Gasteiger partial charge in [0.2, 0.25) is 0 Å². The summed E-state index contributed by atoms with van der Waals surface area (Å²) < 4.78 is 10.4. The van der Waals surface area contributed by atoms with Gasteiger partial charge in [0.05, 0.1) is 19.7 Å². The number of nitrogens with zero attached hydrogens (tertiary/aromatic N) is 1. The van der Waals surface area contributed by atoms with E-state index < -0.39 is 0 Å². The lowest BCUT2D eigenvalue weighted by Crippen LogP contribution is -2.25. The molecular formula is C20H20N2O3. The van der Waals surface area contributed by atoms with Gasteiger partial charge < -0.3 is 14.8 Å².